The van der Waals surface area contributed by atoms with Crippen molar-refractivity contribution in [2.75, 3.05) is 32.8 Å². The molecule has 17 heavy (non-hydrogen) atoms. The number of hydrogen-bond donors (Lipinski definition) is 2. The molecule has 1 saturated carbocycles. The molecule has 100 valence electrons. The van der Waals surface area contributed by atoms with E-state index in [-0.39, 0.29) is 0 Å². The molecular weight excluding hydrogens is 212 g/mol. The first-order valence-electron chi connectivity index (χ1n) is 7.38. The zero-order chi connectivity index (χ0) is 12.1. The van der Waals surface area contributed by atoms with E-state index in [1.165, 1.54) is 45.3 Å². The Hall–Kier alpha value is -0.120. The highest BCUT2D eigenvalue weighted by Crippen LogP contribution is 2.37. The molecule has 0 aromatic rings. The Morgan fingerprint density at radius 2 is 2.06 bits per heavy atom. The van der Waals surface area contributed by atoms with E-state index in [9.17, 15) is 0 Å². The van der Waals surface area contributed by atoms with Gasteiger partial charge in [-0.25, -0.2) is 0 Å². The highest BCUT2D eigenvalue weighted by atomic mass is 16.3. The van der Waals surface area contributed by atoms with E-state index in [2.05, 4.69) is 17.1 Å². The number of piperidine rings is 1. The molecule has 2 atom stereocenters. The zero-order valence-electron chi connectivity index (χ0n) is 11.2. The maximum absolute atomic E-state index is 8.82. The van der Waals surface area contributed by atoms with Gasteiger partial charge in [-0.15, -0.1) is 0 Å². The Bertz CT molecular complexity index is 218. The van der Waals surface area contributed by atoms with Crippen LogP contribution < -0.4 is 5.32 Å². The second kappa shape index (κ2) is 6.72. The highest BCUT2D eigenvalue weighted by Gasteiger charge is 2.31. The summed E-state index contributed by atoms with van der Waals surface area (Å²) in [6, 6.07) is 0.652. The predicted molar refractivity (Wildman–Crippen MR) is 71.1 cm³/mol. The smallest absolute Gasteiger partial charge is 0.0443 e. The molecule has 0 aromatic carbocycles. The van der Waals surface area contributed by atoms with Crippen LogP contribution in [-0.2, 0) is 0 Å². The molecule has 3 nitrogen and oxygen atoms in total. The normalized spacial score (nSPS) is 30.7. The lowest BCUT2D eigenvalue weighted by molar-refractivity contribution is 0.137. The molecule has 0 bridgehead atoms. The SMILES string of the molecule is CCN1CC(CC2CC2)CC(NCCCO)C1. The first-order chi connectivity index (χ1) is 8.31. The molecule has 1 saturated heterocycles. The van der Waals surface area contributed by atoms with Gasteiger partial charge in [-0.3, -0.25) is 0 Å². The van der Waals surface area contributed by atoms with Crippen LogP contribution in [-0.4, -0.2) is 48.8 Å². The fourth-order valence-corrected chi connectivity index (χ4v) is 3.09. The van der Waals surface area contributed by atoms with Crippen LogP contribution in [0.25, 0.3) is 0 Å². The van der Waals surface area contributed by atoms with Gasteiger partial charge in [-0.2, -0.15) is 0 Å². The van der Waals surface area contributed by atoms with Crippen LogP contribution >= 0.6 is 0 Å². The van der Waals surface area contributed by atoms with Crippen molar-refractivity contribution in [2.24, 2.45) is 11.8 Å². The average Bonchev–Trinajstić information content (AvgIpc) is 3.13. The number of nitrogens with one attached hydrogen (secondary N) is 1. The summed E-state index contributed by atoms with van der Waals surface area (Å²) in [6.45, 7) is 7.23. The van der Waals surface area contributed by atoms with Crippen LogP contribution in [0.4, 0.5) is 0 Å². The predicted octanol–water partition coefficient (Wildman–Crippen LogP) is 1.47. The van der Waals surface area contributed by atoms with Crippen molar-refractivity contribution in [3.05, 3.63) is 0 Å². The van der Waals surface area contributed by atoms with Gasteiger partial charge >= 0.3 is 0 Å². The maximum Gasteiger partial charge on any atom is 0.0443 e. The molecule has 0 aromatic heterocycles. The summed E-state index contributed by atoms with van der Waals surface area (Å²) in [5, 5.41) is 12.4. The number of rotatable bonds is 7. The van der Waals surface area contributed by atoms with Gasteiger partial charge in [0.2, 0.25) is 0 Å². The third-order valence-corrected chi connectivity index (χ3v) is 4.19. The average molecular weight is 240 g/mol. The van der Waals surface area contributed by atoms with E-state index in [0.717, 1.165) is 24.8 Å². The van der Waals surface area contributed by atoms with E-state index in [4.69, 9.17) is 5.11 Å². The van der Waals surface area contributed by atoms with Crippen LogP contribution in [0, 0.1) is 11.8 Å². The number of nitrogens with zero attached hydrogens (tertiary/aromatic N) is 1. The van der Waals surface area contributed by atoms with Gasteiger partial charge in [0, 0.05) is 25.7 Å². The molecule has 1 aliphatic carbocycles. The first kappa shape index (κ1) is 13.3. The maximum atomic E-state index is 8.82. The van der Waals surface area contributed by atoms with E-state index in [0.29, 0.717) is 12.6 Å². The second-order valence-corrected chi connectivity index (χ2v) is 5.86. The van der Waals surface area contributed by atoms with Crippen LogP contribution in [0.2, 0.25) is 0 Å². The molecule has 1 heterocycles. The Labute approximate surface area is 106 Å². The zero-order valence-corrected chi connectivity index (χ0v) is 11.2. The monoisotopic (exact) mass is 240 g/mol. The van der Waals surface area contributed by atoms with Gasteiger partial charge < -0.3 is 15.3 Å². The van der Waals surface area contributed by atoms with E-state index in [1.807, 2.05) is 0 Å². The number of hydrogen-bond acceptors (Lipinski definition) is 3. The molecule has 0 amide bonds. The summed E-state index contributed by atoms with van der Waals surface area (Å²) >= 11 is 0. The molecule has 0 spiro atoms. The van der Waals surface area contributed by atoms with Crippen LogP contribution in [0.5, 0.6) is 0 Å². The Balaban J connectivity index is 1.74. The number of aliphatic hydroxyl groups is 1. The van der Waals surface area contributed by atoms with Gasteiger partial charge in [0.1, 0.15) is 0 Å². The van der Waals surface area contributed by atoms with Gasteiger partial charge in [-0.1, -0.05) is 19.8 Å². The van der Waals surface area contributed by atoms with Crippen LogP contribution in [0.3, 0.4) is 0 Å². The number of aliphatic hydroxyl groups excluding tert-OH is 1. The largest absolute Gasteiger partial charge is 0.396 e. The van der Waals surface area contributed by atoms with Crippen molar-refractivity contribution >= 4 is 0 Å². The van der Waals surface area contributed by atoms with Crippen molar-refractivity contribution in [3.63, 3.8) is 0 Å². The Morgan fingerprint density at radius 1 is 1.24 bits per heavy atom. The molecule has 0 radical (unpaired) electrons. The molecule has 2 N–H and O–H groups in total. The molecule has 2 unspecified atom stereocenters. The minimum atomic E-state index is 0.308. The highest BCUT2D eigenvalue weighted by molar-refractivity contribution is 4.86. The minimum Gasteiger partial charge on any atom is -0.396 e. The lowest BCUT2D eigenvalue weighted by Crippen LogP contribution is -2.49. The second-order valence-electron chi connectivity index (χ2n) is 5.86. The van der Waals surface area contributed by atoms with E-state index < -0.39 is 0 Å². The van der Waals surface area contributed by atoms with Crippen molar-refractivity contribution in [2.45, 2.75) is 45.1 Å². The minimum absolute atomic E-state index is 0.308. The standard InChI is InChI=1S/C14H28N2O/c1-2-16-10-13(8-12-4-5-12)9-14(11-16)15-6-3-7-17/h12-15,17H,2-11H2,1H3. The topological polar surface area (TPSA) is 35.5 Å². The number of likely N-dealkylation sites (N-methyl/N-ethyl adjacent to an activating group) is 1. The lowest BCUT2D eigenvalue weighted by Gasteiger charge is -2.38. The van der Waals surface area contributed by atoms with Gasteiger partial charge in [-0.05, 0) is 44.2 Å². The van der Waals surface area contributed by atoms with Crippen LogP contribution in [0.15, 0.2) is 0 Å². The molecule has 2 aliphatic rings. The fourth-order valence-electron chi connectivity index (χ4n) is 3.09. The molecule has 1 aliphatic heterocycles. The van der Waals surface area contributed by atoms with E-state index >= 15 is 0 Å². The lowest BCUT2D eigenvalue weighted by atomic mass is 9.89. The third kappa shape index (κ3) is 4.57. The number of likely N-dealkylation sites (tertiary alicyclic amines) is 1. The first-order valence-corrected chi connectivity index (χ1v) is 7.38. The third-order valence-electron chi connectivity index (χ3n) is 4.19. The van der Waals surface area contributed by atoms with Crippen LogP contribution in [0.1, 0.15) is 39.0 Å². The van der Waals surface area contributed by atoms with Crippen molar-refractivity contribution in [1.29, 1.82) is 0 Å². The van der Waals surface area contributed by atoms with Crippen molar-refractivity contribution < 1.29 is 5.11 Å². The summed E-state index contributed by atoms with van der Waals surface area (Å²) in [6.07, 6.45) is 6.64. The van der Waals surface area contributed by atoms with E-state index in [1.54, 1.807) is 0 Å². The molecule has 3 heteroatoms. The summed E-state index contributed by atoms with van der Waals surface area (Å²) in [5.74, 6) is 1.96. The Kier molecular flexibility index (Phi) is 5.26. The quantitative estimate of drug-likeness (QED) is 0.662. The summed E-state index contributed by atoms with van der Waals surface area (Å²) in [7, 11) is 0. The van der Waals surface area contributed by atoms with Gasteiger partial charge in [0.25, 0.3) is 0 Å². The Morgan fingerprint density at radius 3 is 2.71 bits per heavy atom. The summed E-state index contributed by atoms with van der Waals surface area (Å²) in [5.41, 5.74) is 0. The van der Waals surface area contributed by atoms with Crippen molar-refractivity contribution in [3.8, 4) is 0 Å². The summed E-state index contributed by atoms with van der Waals surface area (Å²) < 4.78 is 0. The fraction of sp³-hybridized carbons (Fsp3) is 1.00. The summed E-state index contributed by atoms with van der Waals surface area (Å²) in [4.78, 5) is 2.59. The van der Waals surface area contributed by atoms with Gasteiger partial charge in [0.05, 0.1) is 0 Å². The molecule has 2 rings (SSSR count). The van der Waals surface area contributed by atoms with Crippen molar-refractivity contribution in [1.82, 2.24) is 10.2 Å². The molecular formula is C14H28N2O. The van der Waals surface area contributed by atoms with Gasteiger partial charge in [0.15, 0.2) is 0 Å². The molecule has 2 fully saturated rings.